The minimum atomic E-state index is 0.652. The summed E-state index contributed by atoms with van der Waals surface area (Å²) in [5.74, 6) is 1.98. The maximum atomic E-state index is 5.03. The van der Waals surface area contributed by atoms with Crippen molar-refractivity contribution in [1.29, 1.82) is 0 Å². The predicted molar refractivity (Wildman–Crippen MR) is 183 cm³/mol. The van der Waals surface area contributed by atoms with Gasteiger partial charge in [0.2, 0.25) is 0 Å². The Morgan fingerprint density at radius 1 is 0.386 bits per heavy atom. The molecule has 0 aliphatic heterocycles. The van der Waals surface area contributed by atoms with Crippen LogP contribution in [0.3, 0.4) is 0 Å². The lowest BCUT2D eigenvalue weighted by Crippen LogP contribution is -2.00. The number of hydrogen-bond acceptors (Lipinski definition) is 4. The van der Waals surface area contributed by atoms with Gasteiger partial charge in [-0.15, -0.1) is 11.3 Å². The first-order valence-electron chi connectivity index (χ1n) is 14.6. The molecule has 0 fully saturated rings. The van der Waals surface area contributed by atoms with Gasteiger partial charge >= 0.3 is 0 Å². The summed E-state index contributed by atoms with van der Waals surface area (Å²) < 4.78 is 4.83. The molecule has 0 aliphatic rings. The van der Waals surface area contributed by atoms with Crippen LogP contribution in [0.1, 0.15) is 0 Å². The number of benzene rings is 6. The van der Waals surface area contributed by atoms with E-state index in [9.17, 15) is 0 Å². The number of aromatic nitrogens is 4. The van der Waals surface area contributed by atoms with E-state index in [-0.39, 0.29) is 0 Å². The van der Waals surface area contributed by atoms with Gasteiger partial charge < -0.3 is 4.57 Å². The third-order valence-corrected chi connectivity index (χ3v) is 9.40. The van der Waals surface area contributed by atoms with Crippen LogP contribution < -0.4 is 0 Å². The van der Waals surface area contributed by atoms with Crippen LogP contribution in [0.15, 0.2) is 146 Å². The molecule has 0 atom stereocenters. The second kappa shape index (κ2) is 9.97. The smallest absolute Gasteiger partial charge is 0.164 e. The summed E-state index contributed by atoms with van der Waals surface area (Å²) in [6.07, 6.45) is 0. The summed E-state index contributed by atoms with van der Waals surface area (Å²) in [5.41, 5.74) is 6.35. The van der Waals surface area contributed by atoms with E-state index in [1.807, 2.05) is 30.3 Å². The zero-order chi connectivity index (χ0) is 29.0. The molecule has 206 valence electrons. The molecule has 0 saturated carbocycles. The van der Waals surface area contributed by atoms with E-state index in [4.69, 9.17) is 15.0 Å². The molecule has 3 aromatic heterocycles. The molecule has 0 radical (unpaired) electrons. The Kier molecular flexibility index (Phi) is 5.64. The molecule has 4 nitrogen and oxygen atoms in total. The maximum absolute atomic E-state index is 5.03. The topological polar surface area (TPSA) is 43.6 Å². The van der Waals surface area contributed by atoms with Crippen LogP contribution in [0.2, 0.25) is 0 Å². The molecule has 0 saturated heterocycles. The molecule has 9 rings (SSSR count). The van der Waals surface area contributed by atoms with E-state index in [1.54, 1.807) is 11.3 Å². The second-order valence-electron chi connectivity index (χ2n) is 10.9. The Hall–Kier alpha value is -5.65. The van der Waals surface area contributed by atoms with Gasteiger partial charge in [0.15, 0.2) is 17.5 Å². The van der Waals surface area contributed by atoms with Crippen LogP contribution >= 0.6 is 11.3 Å². The fraction of sp³-hybridized carbons (Fsp3) is 0. The standard InChI is InChI=1S/C39H24N4S/c1-2-10-25(11-3-1)37-40-38(42-39(41-37)27-20-23-32-31-14-6-9-17-35(31)44-36(32)24-27)26-18-21-28(22-19-26)43-33-15-7-4-12-29(33)30-13-5-8-16-34(30)43/h1-24H. The Bertz CT molecular complexity index is 2440. The van der Waals surface area contributed by atoms with Gasteiger partial charge in [-0.05, 0) is 48.5 Å². The Morgan fingerprint density at radius 3 is 1.57 bits per heavy atom. The molecule has 0 bridgehead atoms. The Labute approximate surface area is 257 Å². The van der Waals surface area contributed by atoms with Crippen molar-refractivity contribution >= 4 is 53.3 Å². The van der Waals surface area contributed by atoms with Gasteiger partial charge in [-0.25, -0.2) is 15.0 Å². The average Bonchev–Trinajstić information content (AvgIpc) is 3.64. The second-order valence-corrected chi connectivity index (χ2v) is 12.0. The summed E-state index contributed by atoms with van der Waals surface area (Å²) in [7, 11) is 0. The van der Waals surface area contributed by atoms with Crippen molar-refractivity contribution in [1.82, 2.24) is 19.5 Å². The van der Waals surface area contributed by atoms with Gasteiger partial charge in [0, 0.05) is 53.3 Å². The van der Waals surface area contributed by atoms with Crippen molar-refractivity contribution in [3.63, 3.8) is 0 Å². The van der Waals surface area contributed by atoms with E-state index >= 15 is 0 Å². The molecule has 3 heterocycles. The molecule has 0 unspecified atom stereocenters. The van der Waals surface area contributed by atoms with Crippen molar-refractivity contribution < 1.29 is 0 Å². The molecule has 44 heavy (non-hydrogen) atoms. The van der Waals surface area contributed by atoms with Gasteiger partial charge in [0.05, 0.1) is 11.0 Å². The first-order chi connectivity index (χ1) is 21.8. The van der Waals surface area contributed by atoms with E-state index in [0.29, 0.717) is 17.5 Å². The zero-order valence-corrected chi connectivity index (χ0v) is 24.4. The third kappa shape index (κ3) is 4.02. The van der Waals surface area contributed by atoms with Gasteiger partial charge in [0.25, 0.3) is 0 Å². The normalized spacial score (nSPS) is 11.6. The maximum Gasteiger partial charge on any atom is 0.164 e. The van der Waals surface area contributed by atoms with Crippen molar-refractivity contribution in [2.75, 3.05) is 0 Å². The SMILES string of the molecule is c1ccc(-c2nc(-c3ccc(-n4c5ccccc5c5ccccc54)cc3)nc(-c3ccc4c(c3)sc3ccccc34)n2)cc1. The van der Waals surface area contributed by atoms with E-state index in [0.717, 1.165) is 22.4 Å². The highest BCUT2D eigenvalue weighted by atomic mass is 32.1. The number of nitrogens with zero attached hydrogens (tertiary/aromatic N) is 4. The quantitative estimate of drug-likeness (QED) is 0.208. The van der Waals surface area contributed by atoms with Gasteiger partial charge in [-0.3, -0.25) is 0 Å². The number of fused-ring (bicyclic) bond motifs is 6. The lowest BCUT2D eigenvalue weighted by molar-refractivity contribution is 1.07. The monoisotopic (exact) mass is 580 g/mol. The molecule has 0 spiro atoms. The molecule has 5 heteroatoms. The highest BCUT2D eigenvalue weighted by Gasteiger charge is 2.15. The van der Waals surface area contributed by atoms with Crippen LogP contribution in [-0.2, 0) is 0 Å². The van der Waals surface area contributed by atoms with Gasteiger partial charge in [-0.1, -0.05) is 97.1 Å². The van der Waals surface area contributed by atoms with E-state index < -0.39 is 0 Å². The minimum Gasteiger partial charge on any atom is -0.309 e. The van der Waals surface area contributed by atoms with Crippen LogP contribution in [0, 0.1) is 0 Å². The molecule has 0 N–H and O–H groups in total. The average molecular weight is 581 g/mol. The first-order valence-corrected chi connectivity index (χ1v) is 15.4. The van der Waals surface area contributed by atoms with Crippen LogP contribution in [0.4, 0.5) is 0 Å². The van der Waals surface area contributed by atoms with Crippen molar-refractivity contribution in [2.45, 2.75) is 0 Å². The number of hydrogen-bond donors (Lipinski definition) is 0. The number of para-hydroxylation sites is 2. The van der Waals surface area contributed by atoms with Gasteiger partial charge in [-0.2, -0.15) is 0 Å². The largest absolute Gasteiger partial charge is 0.309 e. The van der Waals surface area contributed by atoms with Crippen molar-refractivity contribution in [2.24, 2.45) is 0 Å². The summed E-state index contributed by atoms with van der Waals surface area (Å²) in [6, 6.07) is 50.9. The first kappa shape index (κ1) is 24.9. The van der Waals surface area contributed by atoms with Crippen LogP contribution in [0.5, 0.6) is 0 Å². The molecule has 9 aromatic rings. The fourth-order valence-electron chi connectivity index (χ4n) is 6.18. The summed E-state index contributed by atoms with van der Waals surface area (Å²) in [5, 5.41) is 5.03. The molecular formula is C39H24N4S. The number of thiophene rings is 1. The summed E-state index contributed by atoms with van der Waals surface area (Å²) in [6.45, 7) is 0. The van der Waals surface area contributed by atoms with E-state index in [1.165, 1.54) is 42.0 Å². The van der Waals surface area contributed by atoms with E-state index in [2.05, 4.69) is 120 Å². The minimum absolute atomic E-state index is 0.652. The molecular weight excluding hydrogens is 557 g/mol. The predicted octanol–water partition coefficient (Wildman–Crippen LogP) is 10.3. The fourth-order valence-corrected chi connectivity index (χ4v) is 7.32. The third-order valence-electron chi connectivity index (χ3n) is 8.27. The van der Waals surface area contributed by atoms with Crippen LogP contribution in [-0.4, -0.2) is 19.5 Å². The lowest BCUT2D eigenvalue weighted by atomic mass is 10.1. The lowest BCUT2D eigenvalue weighted by Gasteiger charge is -2.11. The Morgan fingerprint density at radius 2 is 0.886 bits per heavy atom. The Balaban J connectivity index is 1.18. The van der Waals surface area contributed by atoms with Crippen molar-refractivity contribution in [3.05, 3.63) is 146 Å². The highest BCUT2D eigenvalue weighted by molar-refractivity contribution is 7.25. The van der Waals surface area contributed by atoms with Crippen LogP contribution in [0.25, 0.3) is 81.8 Å². The van der Waals surface area contributed by atoms with Gasteiger partial charge in [0.1, 0.15) is 0 Å². The number of rotatable bonds is 4. The summed E-state index contributed by atoms with van der Waals surface area (Å²) in [4.78, 5) is 15.0. The molecule has 0 aliphatic carbocycles. The zero-order valence-electron chi connectivity index (χ0n) is 23.6. The van der Waals surface area contributed by atoms with Crippen molar-refractivity contribution in [3.8, 4) is 39.9 Å². The highest BCUT2D eigenvalue weighted by Crippen LogP contribution is 2.37. The molecule has 6 aromatic carbocycles. The molecule has 0 amide bonds. The summed E-state index contributed by atoms with van der Waals surface area (Å²) >= 11 is 1.80.